The molecule has 1 atom stereocenters. The minimum absolute atomic E-state index is 0.116. The number of hydrogen-bond acceptors (Lipinski definition) is 0. The van der Waals surface area contributed by atoms with Gasteiger partial charge in [-0.3, -0.25) is 0 Å². The van der Waals surface area contributed by atoms with Crippen LogP contribution in [0, 0.1) is 12.0 Å². The molecule has 2 aromatic rings. The van der Waals surface area contributed by atoms with Gasteiger partial charge in [-0.15, -0.1) is 0 Å². The molecule has 0 nitrogen and oxygen atoms in total. The van der Waals surface area contributed by atoms with Crippen molar-refractivity contribution in [2.24, 2.45) is 5.92 Å². The van der Waals surface area contributed by atoms with Crippen molar-refractivity contribution >= 4 is 0 Å². The van der Waals surface area contributed by atoms with Gasteiger partial charge in [0.15, 0.2) is 0 Å². The molecule has 0 bridgehead atoms. The van der Waals surface area contributed by atoms with E-state index in [0.717, 1.165) is 0 Å². The lowest BCUT2D eigenvalue weighted by molar-refractivity contribution is 0.328. The first-order chi connectivity index (χ1) is 9.03. The van der Waals surface area contributed by atoms with E-state index >= 15 is 0 Å². The minimum atomic E-state index is 0.116. The smallest absolute Gasteiger partial charge is 0.00325 e. The highest BCUT2D eigenvalue weighted by molar-refractivity contribution is 5.32. The summed E-state index contributed by atoms with van der Waals surface area (Å²) < 4.78 is 0. The van der Waals surface area contributed by atoms with Crippen LogP contribution in [0.15, 0.2) is 54.6 Å². The van der Waals surface area contributed by atoms with E-state index in [4.69, 9.17) is 0 Å². The van der Waals surface area contributed by atoms with Gasteiger partial charge in [0.1, 0.15) is 0 Å². The molecule has 1 radical (unpaired) electrons. The van der Waals surface area contributed by atoms with Crippen molar-refractivity contribution in [1.29, 1.82) is 0 Å². The quantitative estimate of drug-likeness (QED) is 0.700. The molecule has 0 aliphatic rings. The van der Waals surface area contributed by atoms with E-state index in [1.54, 1.807) is 0 Å². The summed E-state index contributed by atoms with van der Waals surface area (Å²) in [6.07, 6.45) is 0. The summed E-state index contributed by atoms with van der Waals surface area (Å²) in [6, 6.07) is 22.4. The molecule has 0 heterocycles. The maximum atomic E-state index is 3.11. The molecular weight excluding hydrogens is 228 g/mol. The van der Waals surface area contributed by atoms with Crippen LogP contribution in [-0.4, -0.2) is 0 Å². The predicted octanol–water partition coefficient (Wildman–Crippen LogP) is 5.20. The van der Waals surface area contributed by atoms with Gasteiger partial charge in [-0.05, 0) is 34.4 Å². The van der Waals surface area contributed by atoms with Crippen molar-refractivity contribution in [3.05, 3.63) is 71.8 Å². The van der Waals surface area contributed by atoms with E-state index in [2.05, 4.69) is 76.2 Å². The number of benzene rings is 2. The van der Waals surface area contributed by atoms with Gasteiger partial charge in [-0.2, -0.15) is 0 Å². The van der Waals surface area contributed by atoms with Crippen molar-refractivity contribution in [2.45, 2.75) is 39.0 Å². The molecule has 1 unspecified atom stereocenters. The first-order valence-electron chi connectivity index (χ1n) is 7.05. The van der Waals surface area contributed by atoms with E-state index in [0.29, 0.717) is 11.8 Å². The second-order valence-electron chi connectivity index (χ2n) is 6.14. The predicted molar refractivity (Wildman–Crippen MR) is 82.3 cm³/mol. The molecule has 0 saturated carbocycles. The molecule has 19 heavy (non-hydrogen) atoms. The highest BCUT2D eigenvalue weighted by Crippen LogP contribution is 2.43. The summed E-state index contributed by atoms with van der Waals surface area (Å²) in [6.45, 7) is 9.32. The highest BCUT2D eigenvalue weighted by Gasteiger charge is 2.34. The molecule has 0 spiro atoms. The third-order valence-corrected chi connectivity index (χ3v) is 4.07. The summed E-state index contributed by atoms with van der Waals surface area (Å²) in [4.78, 5) is 0. The third kappa shape index (κ3) is 2.89. The summed E-state index contributed by atoms with van der Waals surface area (Å²) in [5.41, 5.74) is 2.93. The van der Waals surface area contributed by atoms with Gasteiger partial charge in [0.05, 0.1) is 0 Å². The number of rotatable bonds is 4. The number of hydrogen-bond donors (Lipinski definition) is 0. The zero-order chi connectivity index (χ0) is 13.9. The molecule has 0 heteroatoms. The van der Waals surface area contributed by atoms with E-state index in [1.807, 2.05) is 12.1 Å². The summed E-state index contributed by atoms with van der Waals surface area (Å²) in [7, 11) is 0. The topological polar surface area (TPSA) is 0 Å². The lowest BCUT2D eigenvalue weighted by Crippen LogP contribution is -2.30. The first kappa shape index (κ1) is 13.9. The lowest BCUT2D eigenvalue weighted by Gasteiger charge is -2.38. The van der Waals surface area contributed by atoms with Crippen LogP contribution in [0.25, 0.3) is 0 Å². The van der Waals surface area contributed by atoms with Crippen LogP contribution in [0.2, 0.25) is 0 Å². The Kier molecular flexibility index (Phi) is 4.09. The van der Waals surface area contributed by atoms with E-state index in [1.165, 1.54) is 11.1 Å². The molecule has 0 aromatic heterocycles. The van der Waals surface area contributed by atoms with Crippen molar-refractivity contribution in [3.63, 3.8) is 0 Å². The molecule has 0 aliphatic heterocycles. The summed E-state index contributed by atoms with van der Waals surface area (Å²) >= 11 is 0. The largest absolute Gasteiger partial charge is 0.0622 e. The van der Waals surface area contributed by atoms with E-state index in [-0.39, 0.29) is 5.41 Å². The molecule has 2 aromatic carbocycles. The normalized spacial score (nSPS) is 13.5. The standard InChI is InChI=1S/C19H23/c1-15(2)18(16-11-7-5-8-12-16)19(3,4)17-13-9-6-10-14-17/h5,7-15,18H,1-4H3. The van der Waals surface area contributed by atoms with Crippen LogP contribution in [0.4, 0.5) is 0 Å². The third-order valence-electron chi connectivity index (χ3n) is 4.07. The molecule has 2 rings (SSSR count). The summed E-state index contributed by atoms with van der Waals surface area (Å²) in [5.74, 6) is 1.11. The fourth-order valence-corrected chi connectivity index (χ4v) is 3.29. The van der Waals surface area contributed by atoms with Crippen molar-refractivity contribution in [3.8, 4) is 0 Å². The Morgan fingerprint density at radius 1 is 0.895 bits per heavy atom. The Balaban J connectivity index is 2.45. The first-order valence-corrected chi connectivity index (χ1v) is 7.05. The van der Waals surface area contributed by atoms with Crippen LogP contribution in [0.5, 0.6) is 0 Å². The Morgan fingerprint density at radius 3 is 2.00 bits per heavy atom. The second kappa shape index (κ2) is 5.61. The fourth-order valence-electron chi connectivity index (χ4n) is 3.29. The molecule has 0 N–H and O–H groups in total. The van der Waals surface area contributed by atoms with Crippen molar-refractivity contribution in [1.82, 2.24) is 0 Å². The zero-order valence-electron chi connectivity index (χ0n) is 12.4. The molecule has 0 saturated heterocycles. The Bertz CT molecular complexity index is 494. The van der Waals surface area contributed by atoms with Gasteiger partial charge in [0, 0.05) is 0 Å². The lowest BCUT2D eigenvalue weighted by atomic mass is 9.66. The Hall–Kier alpha value is -1.56. The van der Waals surface area contributed by atoms with Crippen LogP contribution >= 0.6 is 0 Å². The van der Waals surface area contributed by atoms with E-state index in [9.17, 15) is 0 Å². The van der Waals surface area contributed by atoms with Crippen molar-refractivity contribution < 1.29 is 0 Å². The van der Waals surface area contributed by atoms with Gasteiger partial charge in [0.25, 0.3) is 0 Å². The average molecular weight is 251 g/mol. The zero-order valence-corrected chi connectivity index (χ0v) is 12.4. The maximum absolute atomic E-state index is 3.11. The molecule has 0 fully saturated rings. The van der Waals surface area contributed by atoms with Gasteiger partial charge in [-0.25, -0.2) is 0 Å². The van der Waals surface area contributed by atoms with E-state index < -0.39 is 0 Å². The van der Waals surface area contributed by atoms with Gasteiger partial charge in [-0.1, -0.05) is 82.3 Å². The fraction of sp³-hybridized carbons (Fsp3) is 0.368. The summed E-state index contributed by atoms with van der Waals surface area (Å²) in [5, 5.41) is 0. The van der Waals surface area contributed by atoms with Gasteiger partial charge in [0.2, 0.25) is 0 Å². The van der Waals surface area contributed by atoms with Gasteiger partial charge >= 0.3 is 0 Å². The average Bonchev–Trinajstić information content (AvgIpc) is 2.40. The maximum Gasteiger partial charge on any atom is -0.00325 e. The van der Waals surface area contributed by atoms with Crippen LogP contribution in [0.1, 0.15) is 44.7 Å². The highest BCUT2D eigenvalue weighted by atomic mass is 14.4. The van der Waals surface area contributed by atoms with Gasteiger partial charge < -0.3 is 0 Å². The van der Waals surface area contributed by atoms with Crippen LogP contribution < -0.4 is 0 Å². The van der Waals surface area contributed by atoms with Crippen LogP contribution in [-0.2, 0) is 5.41 Å². The monoisotopic (exact) mass is 251 g/mol. The molecule has 0 aliphatic carbocycles. The van der Waals surface area contributed by atoms with Crippen LogP contribution in [0.3, 0.4) is 0 Å². The minimum Gasteiger partial charge on any atom is -0.0622 e. The molecule has 99 valence electrons. The second-order valence-corrected chi connectivity index (χ2v) is 6.14. The Labute approximate surface area is 117 Å². The SMILES string of the molecule is CC(C)C(c1ccccc1)C(C)(C)c1cc[c]cc1. The molecule has 0 amide bonds. The Morgan fingerprint density at radius 2 is 1.47 bits per heavy atom. The molecular formula is C19H23. The van der Waals surface area contributed by atoms with Crippen molar-refractivity contribution in [2.75, 3.05) is 0 Å².